The SMILES string of the molecule is CCn1c2ccccc2c2cc(NC(=O)[C@H]3CCCO3)ccc21. The van der Waals surface area contributed by atoms with Gasteiger partial charge in [0.15, 0.2) is 0 Å². The second kappa shape index (κ2) is 5.70. The zero-order chi connectivity index (χ0) is 15.8. The predicted octanol–water partition coefficient (Wildman–Crippen LogP) is 3.93. The molecule has 0 radical (unpaired) electrons. The van der Waals surface area contributed by atoms with Gasteiger partial charge >= 0.3 is 0 Å². The third-order valence-corrected chi connectivity index (χ3v) is 4.58. The summed E-state index contributed by atoms with van der Waals surface area (Å²) in [6.45, 7) is 3.76. The lowest BCUT2D eigenvalue weighted by Gasteiger charge is -2.10. The van der Waals surface area contributed by atoms with Crippen molar-refractivity contribution >= 4 is 33.4 Å². The molecule has 1 saturated heterocycles. The van der Waals surface area contributed by atoms with Gasteiger partial charge in [0.1, 0.15) is 6.10 Å². The van der Waals surface area contributed by atoms with Crippen molar-refractivity contribution in [3.8, 4) is 0 Å². The van der Waals surface area contributed by atoms with Crippen molar-refractivity contribution in [3.63, 3.8) is 0 Å². The minimum absolute atomic E-state index is 0.0407. The fourth-order valence-corrected chi connectivity index (χ4v) is 3.48. The standard InChI is InChI=1S/C19H20N2O2/c1-2-21-16-7-4-3-6-14(16)15-12-13(9-10-17(15)21)20-19(22)18-8-5-11-23-18/h3-4,6-7,9-10,12,18H,2,5,8,11H2,1H3,(H,20,22)/t18-/m1/s1. The Labute approximate surface area is 135 Å². The van der Waals surface area contributed by atoms with Crippen molar-refractivity contribution in [1.29, 1.82) is 0 Å². The molecule has 1 N–H and O–H groups in total. The van der Waals surface area contributed by atoms with Crippen LogP contribution >= 0.6 is 0 Å². The van der Waals surface area contributed by atoms with Crippen LogP contribution in [0.1, 0.15) is 19.8 Å². The van der Waals surface area contributed by atoms with Gasteiger partial charge in [-0.2, -0.15) is 0 Å². The van der Waals surface area contributed by atoms with E-state index in [1.165, 1.54) is 21.8 Å². The summed E-state index contributed by atoms with van der Waals surface area (Å²) in [5.41, 5.74) is 3.26. The number of rotatable bonds is 3. The maximum Gasteiger partial charge on any atom is 0.253 e. The van der Waals surface area contributed by atoms with Crippen LogP contribution in [-0.4, -0.2) is 23.2 Å². The van der Waals surface area contributed by atoms with Crippen LogP contribution in [0.4, 0.5) is 5.69 Å². The first-order chi connectivity index (χ1) is 11.3. The quantitative estimate of drug-likeness (QED) is 0.796. The van der Waals surface area contributed by atoms with E-state index < -0.39 is 0 Å². The summed E-state index contributed by atoms with van der Waals surface area (Å²) in [4.78, 5) is 12.2. The molecule has 1 aromatic heterocycles. The van der Waals surface area contributed by atoms with Crippen molar-refractivity contribution in [2.24, 2.45) is 0 Å². The molecule has 2 heterocycles. The fourth-order valence-electron chi connectivity index (χ4n) is 3.48. The Kier molecular flexibility index (Phi) is 3.54. The normalized spacial score (nSPS) is 17.9. The van der Waals surface area contributed by atoms with Crippen molar-refractivity contribution in [2.45, 2.75) is 32.4 Å². The fraction of sp³-hybridized carbons (Fsp3) is 0.316. The number of aromatic nitrogens is 1. The summed E-state index contributed by atoms with van der Waals surface area (Å²) in [7, 11) is 0. The molecule has 4 heteroatoms. The van der Waals surface area contributed by atoms with Crippen molar-refractivity contribution in [2.75, 3.05) is 11.9 Å². The van der Waals surface area contributed by atoms with Crippen LogP contribution < -0.4 is 5.32 Å². The average Bonchev–Trinajstić information content (AvgIpc) is 3.21. The summed E-state index contributed by atoms with van der Waals surface area (Å²) < 4.78 is 7.75. The molecule has 1 amide bonds. The molecule has 4 nitrogen and oxygen atoms in total. The maximum absolute atomic E-state index is 12.2. The van der Waals surface area contributed by atoms with Gasteiger partial charge in [-0.25, -0.2) is 0 Å². The zero-order valence-corrected chi connectivity index (χ0v) is 13.2. The van der Waals surface area contributed by atoms with Gasteiger partial charge in [0, 0.05) is 40.6 Å². The van der Waals surface area contributed by atoms with Crippen molar-refractivity contribution < 1.29 is 9.53 Å². The van der Waals surface area contributed by atoms with Gasteiger partial charge in [-0.3, -0.25) is 4.79 Å². The molecule has 4 rings (SSSR count). The number of carbonyl (C=O) groups excluding carboxylic acids is 1. The Morgan fingerprint density at radius 1 is 1.22 bits per heavy atom. The summed E-state index contributed by atoms with van der Waals surface area (Å²) >= 11 is 0. The number of benzene rings is 2. The number of anilines is 1. The van der Waals surface area contributed by atoms with E-state index in [0.29, 0.717) is 6.61 Å². The largest absolute Gasteiger partial charge is 0.368 e. The number of nitrogens with one attached hydrogen (secondary N) is 1. The van der Waals surface area contributed by atoms with E-state index >= 15 is 0 Å². The summed E-state index contributed by atoms with van der Waals surface area (Å²) in [5, 5.41) is 5.39. The summed E-state index contributed by atoms with van der Waals surface area (Å²) in [6.07, 6.45) is 1.47. The Morgan fingerprint density at radius 2 is 2.04 bits per heavy atom. The molecule has 3 aromatic rings. The van der Waals surface area contributed by atoms with E-state index in [9.17, 15) is 4.79 Å². The van der Waals surface area contributed by atoms with Crippen LogP contribution in [-0.2, 0) is 16.1 Å². The van der Waals surface area contributed by atoms with E-state index in [2.05, 4.69) is 53.2 Å². The maximum atomic E-state index is 12.2. The number of aryl methyl sites for hydroxylation is 1. The molecular weight excluding hydrogens is 288 g/mol. The minimum atomic E-state index is -0.303. The van der Waals surface area contributed by atoms with Crippen molar-refractivity contribution in [1.82, 2.24) is 4.57 Å². The van der Waals surface area contributed by atoms with E-state index in [1.54, 1.807) is 0 Å². The molecule has 23 heavy (non-hydrogen) atoms. The predicted molar refractivity (Wildman–Crippen MR) is 92.7 cm³/mol. The molecule has 0 aliphatic carbocycles. The van der Waals surface area contributed by atoms with E-state index in [1.807, 2.05) is 6.07 Å². The minimum Gasteiger partial charge on any atom is -0.368 e. The number of nitrogens with zero attached hydrogens (tertiary/aromatic N) is 1. The molecule has 0 bridgehead atoms. The van der Waals surface area contributed by atoms with Gasteiger partial charge in [-0.1, -0.05) is 18.2 Å². The van der Waals surface area contributed by atoms with Crippen LogP contribution in [0, 0.1) is 0 Å². The van der Waals surface area contributed by atoms with E-state index in [4.69, 9.17) is 4.74 Å². The van der Waals surface area contributed by atoms with Crippen LogP contribution in [0.3, 0.4) is 0 Å². The monoisotopic (exact) mass is 308 g/mol. The van der Waals surface area contributed by atoms with Gasteiger partial charge in [0.05, 0.1) is 0 Å². The Balaban J connectivity index is 1.75. The topological polar surface area (TPSA) is 43.3 Å². The smallest absolute Gasteiger partial charge is 0.253 e. The zero-order valence-electron chi connectivity index (χ0n) is 13.2. The molecule has 1 fully saturated rings. The van der Waals surface area contributed by atoms with Crippen LogP contribution in [0.25, 0.3) is 21.8 Å². The average molecular weight is 308 g/mol. The first kappa shape index (κ1) is 14.3. The first-order valence-electron chi connectivity index (χ1n) is 8.21. The van der Waals surface area contributed by atoms with Gasteiger partial charge in [-0.05, 0) is 44.0 Å². The van der Waals surface area contributed by atoms with Gasteiger partial charge in [0.25, 0.3) is 5.91 Å². The highest BCUT2D eigenvalue weighted by Gasteiger charge is 2.23. The highest BCUT2D eigenvalue weighted by Crippen LogP contribution is 2.31. The summed E-state index contributed by atoms with van der Waals surface area (Å²) in [5.74, 6) is -0.0407. The van der Waals surface area contributed by atoms with Crippen LogP contribution in [0.2, 0.25) is 0 Å². The van der Waals surface area contributed by atoms with Crippen LogP contribution in [0.5, 0.6) is 0 Å². The lowest BCUT2D eigenvalue weighted by atomic mass is 10.1. The van der Waals surface area contributed by atoms with E-state index in [0.717, 1.165) is 25.1 Å². The molecule has 0 spiro atoms. The molecule has 118 valence electrons. The molecule has 2 aromatic carbocycles. The number of hydrogen-bond acceptors (Lipinski definition) is 2. The number of hydrogen-bond donors (Lipinski definition) is 1. The summed E-state index contributed by atoms with van der Waals surface area (Å²) in [6, 6.07) is 14.5. The Morgan fingerprint density at radius 3 is 2.83 bits per heavy atom. The van der Waals surface area contributed by atoms with Gasteiger partial charge in [-0.15, -0.1) is 0 Å². The number of ether oxygens (including phenoxy) is 1. The van der Waals surface area contributed by atoms with Crippen LogP contribution in [0.15, 0.2) is 42.5 Å². The second-order valence-electron chi connectivity index (χ2n) is 5.98. The third kappa shape index (κ3) is 2.39. The number of carbonyl (C=O) groups is 1. The Bertz CT molecular complexity index is 876. The number of para-hydroxylation sites is 1. The number of amides is 1. The van der Waals surface area contributed by atoms with E-state index in [-0.39, 0.29) is 12.0 Å². The third-order valence-electron chi connectivity index (χ3n) is 4.58. The van der Waals surface area contributed by atoms with Gasteiger partial charge < -0.3 is 14.6 Å². The highest BCUT2D eigenvalue weighted by atomic mass is 16.5. The Hall–Kier alpha value is -2.33. The lowest BCUT2D eigenvalue weighted by molar-refractivity contribution is -0.124. The van der Waals surface area contributed by atoms with Gasteiger partial charge in [0.2, 0.25) is 0 Å². The molecular formula is C19H20N2O2. The lowest BCUT2D eigenvalue weighted by Crippen LogP contribution is -2.26. The van der Waals surface area contributed by atoms with Crippen molar-refractivity contribution in [3.05, 3.63) is 42.5 Å². The molecule has 1 aliphatic rings. The first-order valence-corrected chi connectivity index (χ1v) is 8.21. The molecule has 1 aliphatic heterocycles. The second-order valence-corrected chi connectivity index (χ2v) is 5.98. The molecule has 1 atom stereocenters. The number of fused-ring (bicyclic) bond motifs is 3. The molecule has 0 saturated carbocycles. The molecule has 0 unspecified atom stereocenters. The highest BCUT2D eigenvalue weighted by molar-refractivity contribution is 6.10.